The van der Waals surface area contributed by atoms with Gasteiger partial charge in [0.15, 0.2) is 0 Å². The van der Waals surface area contributed by atoms with E-state index in [0.717, 1.165) is 11.4 Å². The molecule has 8 nitrogen and oxygen atoms in total. The van der Waals surface area contributed by atoms with E-state index in [9.17, 15) is 10.1 Å². The Morgan fingerprint density at radius 3 is 2.95 bits per heavy atom. The quantitative estimate of drug-likeness (QED) is 0.640. The second kappa shape index (κ2) is 6.00. The number of rotatable bonds is 5. The fourth-order valence-corrected chi connectivity index (χ4v) is 2.01. The van der Waals surface area contributed by atoms with Gasteiger partial charge in [0.2, 0.25) is 5.82 Å². The van der Waals surface area contributed by atoms with Crippen molar-refractivity contribution in [2.24, 2.45) is 0 Å². The maximum absolute atomic E-state index is 11.1. The third-order valence-corrected chi connectivity index (χ3v) is 2.88. The zero-order valence-corrected chi connectivity index (χ0v) is 11.6. The molecule has 0 aromatic carbocycles. The number of nitrogens with one attached hydrogen (secondary N) is 2. The molecule has 0 aliphatic rings. The van der Waals surface area contributed by atoms with E-state index in [-0.39, 0.29) is 23.1 Å². The van der Waals surface area contributed by atoms with Crippen LogP contribution in [0, 0.1) is 28.4 Å². The van der Waals surface area contributed by atoms with E-state index >= 15 is 0 Å². The van der Waals surface area contributed by atoms with Crippen LogP contribution in [0.2, 0.25) is 0 Å². The monoisotopic (exact) mass is 286 g/mol. The van der Waals surface area contributed by atoms with Gasteiger partial charge < -0.3 is 5.32 Å². The van der Waals surface area contributed by atoms with E-state index in [1.54, 1.807) is 6.07 Å². The highest BCUT2D eigenvalue weighted by Gasteiger charge is 2.22. The molecule has 2 aromatic heterocycles. The summed E-state index contributed by atoms with van der Waals surface area (Å²) in [7, 11) is 0. The van der Waals surface area contributed by atoms with Crippen molar-refractivity contribution < 1.29 is 4.92 Å². The lowest BCUT2D eigenvalue weighted by atomic mass is 10.1. The number of H-pyrrole nitrogens is 1. The van der Waals surface area contributed by atoms with E-state index in [1.165, 1.54) is 12.3 Å². The summed E-state index contributed by atoms with van der Waals surface area (Å²) >= 11 is 0. The maximum atomic E-state index is 11.1. The fourth-order valence-electron chi connectivity index (χ4n) is 2.01. The molecule has 0 saturated heterocycles. The molecule has 2 N–H and O–H groups in total. The maximum Gasteiger partial charge on any atom is 0.328 e. The molecule has 2 heterocycles. The average molecular weight is 286 g/mol. The highest BCUT2D eigenvalue weighted by molar-refractivity contribution is 5.64. The Morgan fingerprint density at radius 2 is 2.38 bits per heavy atom. The van der Waals surface area contributed by atoms with Crippen LogP contribution in [0.3, 0.4) is 0 Å². The van der Waals surface area contributed by atoms with Gasteiger partial charge in [0.1, 0.15) is 11.6 Å². The zero-order chi connectivity index (χ0) is 15.4. The van der Waals surface area contributed by atoms with Crippen molar-refractivity contribution in [3.8, 4) is 6.07 Å². The Balaban J connectivity index is 2.19. The highest BCUT2D eigenvalue weighted by Crippen LogP contribution is 2.26. The van der Waals surface area contributed by atoms with Crippen molar-refractivity contribution in [3.63, 3.8) is 0 Å². The Hall–Kier alpha value is -2.95. The first-order valence-corrected chi connectivity index (χ1v) is 6.32. The molecule has 1 atom stereocenters. The molecule has 21 heavy (non-hydrogen) atoms. The molecule has 2 aromatic rings. The summed E-state index contributed by atoms with van der Waals surface area (Å²) in [6.45, 7) is 3.77. The number of pyridine rings is 1. The van der Waals surface area contributed by atoms with Crippen LogP contribution in [0.1, 0.15) is 23.9 Å². The molecule has 0 bridgehead atoms. The minimum Gasteiger partial charge on any atom is -0.361 e. The number of aryl methyl sites for hydroxylation is 1. The predicted octanol–water partition coefficient (Wildman–Crippen LogP) is 1.94. The smallest absolute Gasteiger partial charge is 0.328 e. The molecule has 0 fully saturated rings. The Bertz CT molecular complexity index is 703. The summed E-state index contributed by atoms with van der Waals surface area (Å²) < 4.78 is 0. The second-order valence-corrected chi connectivity index (χ2v) is 4.72. The van der Waals surface area contributed by atoms with Gasteiger partial charge in [-0.1, -0.05) is 0 Å². The first kappa shape index (κ1) is 14.5. The number of nitrogens with zero attached hydrogens (tertiary/aromatic N) is 4. The van der Waals surface area contributed by atoms with Crippen molar-refractivity contribution in [2.75, 3.05) is 5.32 Å². The number of hydrogen-bond acceptors (Lipinski definition) is 6. The van der Waals surface area contributed by atoms with E-state index < -0.39 is 4.92 Å². The van der Waals surface area contributed by atoms with Crippen LogP contribution in [0.15, 0.2) is 18.3 Å². The molecule has 1 unspecified atom stereocenters. The van der Waals surface area contributed by atoms with Gasteiger partial charge in [0, 0.05) is 24.4 Å². The van der Waals surface area contributed by atoms with Gasteiger partial charge in [0.25, 0.3) is 0 Å². The molecule has 108 valence electrons. The number of nitro groups is 1. The number of aromatic nitrogens is 3. The standard InChI is InChI=1S/C13H14N6O2/c1-8(5-11-6-9(2)17-18-11)16-13-12(19(20)21)10(7-14)3-4-15-13/h3-4,6,8H,5H2,1-2H3,(H,15,16)(H,17,18). The van der Waals surface area contributed by atoms with E-state index in [1.807, 2.05) is 19.9 Å². The first-order chi connectivity index (χ1) is 10.0. The van der Waals surface area contributed by atoms with E-state index in [4.69, 9.17) is 5.26 Å². The van der Waals surface area contributed by atoms with Crippen molar-refractivity contribution in [1.82, 2.24) is 15.2 Å². The van der Waals surface area contributed by atoms with E-state index in [0.29, 0.717) is 6.42 Å². The van der Waals surface area contributed by atoms with Gasteiger partial charge in [-0.25, -0.2) is 4.98 Å². The van der Waals surface area contributed by atoms with Crippen molar-refractivity contribution >= 4 is 11.5 Å². The molecule has 0 saturated carbocycles. The van der Waals surface area contributed by atoms with Crippen molar-refractivity contribution in [1.29, 1.82) is 5.26 Å². The molecule has 0 radical (unpaired) electrons. The lowest BCUT2D eigenvalue weighted by Gasteiger charge is -2.13. The molecule has 2 rings (SSSR count). The van der Waals surface area contributed by atoms with Crippen LogP contribution in [-0.4, -0.2) is 26.1 Å². The minimum absolute atomic E-state index is 0.0136. The van der Waals surface area contributed by atoms with Crippen LogP contribution < -0.4 is 5.32 Å². The summed E-state index contributed by atoms with van der Waals surface area (Å²) in [5.74, 6) is 0.0961. The summed E-state index contributed by atoms with van der Waals surface area (Å²) in [5, 5.41) is 30.0. The normalized spacial score (nSPS) is 11.7. The first-order valence-electron chi connectivity index (χ1n) is 6.32. The zero-order valence-electron chi connectivity index (χ0n) is 11.6. The van der Waals surface area contributed by atoms with Gasteiger partial charge in [-0.3, -0.25) is 15.2 Å². The van der Waals surface area contributed by atoms with E-state index in [2.05, 4.69) is 20.5 Å². The summed E-state index contributed by atoms with van der Waals surface area (Å²) in [5.41, 5.74) is 1.49. The summed E-state index contributed by atoms with van der Waals surface area (Å²) in [6.07, 6.45) is 1.96. The highest BCUT2D eigenvalue weighted by atomic mass is 16.6. The van der Waals surface area contributed by atoms with Gasteiger partial charge in [0.05, 0.1) is 10.6 Å². The van der Waals surface area contributed by atoms with Crippen LogP contribution in [0.25, 0.3) is 0 Å². The fraction of sp³-hybridized carbons (Fsp3) is 0.308. The van der Waals surface area contributed by atoms with Crippen LogP contribution in [0.4, 0.5) is 11.5 Å². The van der Waals surface area contributed by atoms with Gasteiger partial charge in [-0.15, -0.1) is 0 Å². The Kier molecular flexibility index (Phi) is 4.13. The lowest BCUT2D eigenvalue weighted by molar-refractivity contribution is -0.384. The van der Waals surface area contributed by atoms with Crippen molar-refractivity contribution in [2.45, 2.75) is 26.3 Å². The second-order valence-electron chi connectivity index (χ2n) is 4.72. The largest absolute Gasteiger partial charge is 0.361 e. The van der Waals surface area contributed by atoms with Crippen LogP contribution >= 0.6 is 0 Å². The Morgan fingerprint density at radius 1 is 1.62 bits per heavy atom. The molecule has 0 spiro atoms. The van der Waals surface area contributed by atoms with Gasteiger partial charge in [-0.2, -0.15) is 10.4 Å². The van der Waals surface area contributed by atoms with Crippen LogP contribution in [-0.2, 0) is 6.42 Å². The average Bonchev–Trinajstić information content (AvgIpc) is 2.83. The number of aromatic amines is 1. The molecule has 8 heteroatoms. The number of nitriles is 1. The van der Waals surface area contributed by atoms with Gasteiger partial charge in [-0.05, 0) is 26.0 Å². The topological polar surface area (TPSA) is 121 Å². The SMILES string of the molecule is Cc1cc(CC(C)Nc2nccc(C#N)c2[N+](=O)[O-])n[nH]1. The summed E-state index contributed by atoms with van der Waals surface area (Å²) in [6, 6.07) is 4.92. The predicted molar refractivity (Wildman–Crippen MR) is 75.7 cm³/mol. The third-order valence-electron chi connectivity index (χ3n) is 2.88. The molecule has 0 amide bonds. The molecular weight excluding hydrogens is 272 g/mol. The molecular formula is C13H14N6O2. The minimum atomic E-state index is -0.598. The third kappa shape index (κ3) is 3.33. The van der Waals surface area contributed by atoms with Crippen LogP contribution in [0.5, 0.6) is 0 Å². The number of hydrogen-bond donors (Lipinski definition) is 2. The lowest BCUT2D eigenvalue weighted by Crippen LogP contribution is -2.20. The Labute approximate surface area is 121 Å². The van der Waals surface area contributed by atoms with Crippen molar-refractivity contribution in [3.05, 3.63) is 45.4 Å². The number of anilines is 1. The van der Waals surface area contributed by atoms with Gasteiger partial charge >= 0.3 is 5.69 Å². The molecule has 0 aliphatic heterocycles. The molecule has 0 aliphatic carbocycles. The summed E-state index contributed by atoms with van der Waals surface area (Å²) in [4.78, 5) is 14.5.